The van der Waals surface area contributed by atoms with Crippen molar-refractivity contribution in [1.29, 1.82) is 0 Å². The van der Waals surface area contributed by atoms with Crippen LogP contribution in [0.1, 0.15) is 38.2 Å². The Hall–Kier alpha value is -3.73. The van der Waals surface area contributed by atoms with Gasteiger partial charge in [0, 0.05) is 49.3 Å². The molecule has 0 aliphatic carbocycles. The molecule has 1 aliphatic heterocycles. The van der Waals surface area contributed by atoms with E-state index in [0.717, 1.165) is 6.54 Å². The van der Waals surface area contributed by atoms with Crippen molar-refractivity contribution >= 4 is 29.0 Å². The van der Waals surface area contributed by atoms with Gasteiger partial charge in [-0.25, -0.2) is 9.37 Å². The van der Waals surface area contributed by atoms with Crippen molar-refractivity contribution in [2.75, 3.05) is 49.3 Å². The first-order valence-corrected chi connectivity index (χ1v) is 12.5. The van der Waals surface area contributed by atoms with Crippen LogP contribution in [0.4, 0.5) is 21.6 Å². The highest BCUT2D eigenvalue weighted by molar-refractivity contribution is 6.07. The number of carbonyl (C=O) groups excluding carboxylic acids is 2. The van der Waals surface area contributed by atoms with Crippen LogP contribution in [0.3, 0.4) is 0 Å². The number of aryl methyl sites for hydroxylation is 1. The van der Waals surface area contributed by atoms with E-state index >= 15 is 0 Å². The number of amides is 2. The van der Waals surface area contributed by atoms with Crippen molar-refractivity contribution in [3.05, 3.63) is 42.4 Å². The Balaban J connectivity index is 1.51. The number of carbonyl (C=O) groups is 2. The van der Waals surface area contributed by atoms with Crippen LogP contribution >= 0.6 is 0 Å². The molecule has 1 aromatic carbocycles. The first-order chi connectivity index (χ1) is 17.7. The van der Waals surface area contributed by atoms with Crippen molar-refractivity contribution in [2.45, 2.75) is 33.4 Å². The van der Waals surface area contributed by atoms with Gasteiger partial charge in [-0.15, -0.1) is 0 Å². The number of anilines is 3. The van der Waals surface area contributed by atoms with Crippen LogP contribution in [0.25, 0.3) is 11.5 Å². The molecule has 0 bridgehead atoms. The Bertz CT molecular complexity index is 1320. The van der Waals surface area contributed by atoms with Crippen LogP contribution in [-0.2, 0) is 11.8 Å². The predicted molar refractivity (Wildman–Crippen MR) is 145 cm³/mol. The third kappa shape index (κ3) is 5.88. The quantitative estimate of drug-likeness (QED) is 0.434. The van der Waals surface area contributed by atoms with E-state index in [0.29, 0.717) is 29.3 Å². The van der Waals surface area contributed by atoms with Gasteiger partial charge < -0.3 is 20.0 Å². The van der Waals surface area contributed by atoms with E-state index in [2.05, 4.69) is 25.6 Å². The van der Waals surface area contributed by atoms with Gasteiger partial charge in [0.05, 0.1) is 6.20 Å². The lowest BCUT2D eigenvalue weighted by Crippen LogP contribution is -2.34. The molecular weight excluding hydrogens is 489 g/mol. The second-order valence-electron chi connectivity index (χ2n) is 11.3. The van der Waals surface area contributed by atoms with E-state index in [-0.39, 0.29) is 30.0 Å². The van der Waals surface area contributed by atoms with Crippen LogP contribution in [0.5, 0.6) is 0 Å². The molecule has 2 aromatic heterocycles. The highest BCUT2D eigenvalue weighted by Gasteiger charge is 2.48. The molecule has 0 saturated carbocycles. The predicted octanol–water partition coefficient (Wildman–Crippen LogP) is 4.04. The van der Waals surface area contributed by atoms with Gasteiger partial charge in [0.2, 0.25) is 11.8 Å². The molecule has 2 amide bonds. The first kappa shape index (κ1) is 27.3. The Kier molecular flexibility index (Phi) is 7.33. The lowest BCUT2D eigenvalue weighted by molar-refractivity contribution is -0.125. The summed E-state index contributed by atoms with van der Waals surface area (Å²) in [5.74, 6) is 0.242. The Morgan fingerprint density at radius 3 is 2.74 bits per heavy atom. The molecule has 38 heavy (non-hydrogen) atoms. The number of hydrogen-bond donors (Lipinski definition) is 2. The molecule has 11 heteroatoms. The van der Waals surface area contributed by atoms with Gasteiger partial charge in [-0.3, -0.25) is 19.2 Å². The molecule has 3 aromatic rings. The highest BCUT2D eigenvalue weighted by Crippen LogP contribution is 2.41. The lowest BCUT2D eigenvalue weighted by Gasteiger charge is -2.25. The zero-order chi connectivity index (χ0) is 27.8. The monoisotopic (exact) mass is 525 g/mol. The summed E-state index contributed by atoms with van der Waals surface area (Å²) in [7, 11) is 5.71. The first-order valence-electron chi connectivity index (χ1n) is 12.5. The van der Waals surface area contributed by atoms with E-state index in [1.54, 1.807) is 41.0 Å². The molecule has 1 unspecified atom stereocenters. The maximum absolute atomic E-state index is 13.9. The summed E-state index contributed by atoms with van der Waals surface area (Å²) < 4.78 is 21.0. The Labute approximate surface area is 222 Å². The lowest BCUT2D eigenvalue weighted by atomic mass is 9.81. The number of oxazole rings is 1. The molecule has 1 atom stereocenters. The zero-order valence-corrected chi connectivity index (χ0v) is 23.0. The maximum atomic E-state index is 13.9. The average Bonchev–Trinajstić information content (AvgIpc) is 3.51. The van der Waals surface area contributed by atoms with E-state index in [1.807, 2.05) is 34.0 Å². The van der Waals surface area contributed by atoms with Gasteiger partial charge in [0.15, 0.2) is 11.5 Å². The number of alkyl halides is 1. The van der Waals surface area contributed by atoms with E-state index in [1.165, 1.54) is 20.1 Å². The SMILES string of the molecule is CN(C)CC1CN(c2nn(C)cc2NC(=O)c2coc(-c3cccc(NCC(C)(C)F)c3)n2)C(=O)C1(C)C. The molecule has 2 N–H and O–H groups in total. The van der Waals surface area contributed by atoms with Gasteiger partial charge in [-0.2, -0.15) is 5.10 Å². The molecule has 1 saturated heterocycles. The third-order valence-electron chi connectivity index (χ3n) is 6.68. The summed E-state index contributed by atoms with van der Waals surface area (Å²) in [5, 5.41) is 10.4. The summed E-state index contributed by atoms with van der Waals surface area (Å²) in [6, 6.07) is 7.19. The van der Waals surface area contributed by atoms with Crippen LogP contribution in [0.2, 0.25) is 0 Å². The minimum Gasteiger partial charge on any atom is -0.444 e. The number of nitrogens with one attached hydrogen (secondary N) is 2. The van der Waals surface area contributed by atoms with Gasteiger partial charge in [-0.05, 0) is 46.1 Å². The van der Waals surface area contributed by atoms with Gasteiger partial charge >= 0.3 is 0 Å². The van der Waals surface area contributed by atoms with Gasteiger partial charge in [0.1, 0.15) is 17.6 Å². The smallest absolute Gasteiger partial charge is 0.277 e. The fraction of sp³-hybridized carbons (Fsp3) is 0.481. The van der Waals surface area contributed by atoms with Crippen molar-refractivity contribution in [3.63, 3.8) is 0 Å². The molecule has 1 fully saturated rings. The summed E-state index contributed by atoms with van der Waals surface area (Å²) in [4.78, 5) is 34.5. The molecule has 204 valence electrons. The number of nitrogens with zero attached hydrogens (tertiary/aromatic N) is 5. The molecular formula is C27H36FN7O3. The topological polar surface area (TPSA) is 109 Å². The fourth-order valence-corrected chi connectivity index (χ4v) is 4.50. The average molecular weight is 526 g/mol. The maximum Gasteiger partial charge on any atom is 0.277 e. The van der Waals surface area contributed by atoms with Crippen LogP contribution in [0.15, 0.2) is 41.1 Å². The molecule has 0 spiro atoms. The number of rotatable bonds is 9. The van der Waals surface area contributed by atoms with E-state index < -0.39 is 17.0 Å². The molecule has 3 heterocycles. The standard InChI is InChI=1S/C27H36FN7O3/c1-26(2,28)16-29-19-10-8-9-17(11-19)24-31-21(15-38-24)23(36)30-20-14-34(7)32-22(20)35-13-18(12-33(5)6)27(3,4)25(35)37/h8-11,14-15,18,29H,12-13,16H2,1-7H3,(H,30,36). The number of halogens is 1. The Morgan fingerprint density at radius 2 is 2.05 bits per heavy atom. The number of hydrogen-bond acceptors (Lipinski definition) is 7. The summed E-state index contributed by atoms with van der Waals surface area (Å²) in [5.41, 5.74) is -0.0768. The second kappa shape index (κ2) is 10.2. The molecule has 1 aliphatic rings. The van der Waals surface area contributed by atoms with Gasteiger partial charge in [-0.1, -0.05) is 19.9 Å². The minimum atomic E-state index is -1.36. The summed E-state index contributed by atoms with van der Waals surface area (Å²) in [6.45, 7) is 8.30. The van der Waals surface area contributed by atoms with Crippen molar-refractivity contribution in [3.8, 4) is 11.5 Å². The van der Waals surface area contributed by atoms with E-state index in [4.69, 9.17) is 4.42 Å². The molecule has 4 rings (SSSR count). The van der Waals surface area contributed by atoms with Gasteiger partial charge in [0.25, 0.3) is 5.91 Å². The van der Waals surface area contributed by atoms with Crippen LogP contribution in [0, 0.1) is 11.3 Å². The summed E-state index contributed by atoms with van der Waals surface area (Å²) >= 11 is 0. The second-order valence-corrected chi connectivity index (χ2v) is 11.3. The highest BCUT2D eigenvalue weighted by atomic mass is 19.1. The van der Waals surface area contributed by atoms with Crippen molar-refractivity contribution in [1.82, 2.24) is 19.7 Å². The molecule has 0 radical (unpaired) electrons. The Morgan fingerprint density at radius 1 is 1.32 bits per heavy atom. The zero-order valence-electron chi connectivity index (χ0n) is 23.0. The van der Waals surface area contributed by atoms with Crippen molar-refractivity contribution in [2.24, 2.45) is 18.4 Å². The normalized spacial score (nSPS) is 17.3. The van der Waals surface area contributed by atoms with Crippen LogP contribution < -0.4 is 15.5 Å². The fourth-order valence-electron chi connectivity index (χ4n) is 4.50. The van der Waals surface area contributed by atoms with Crippen LogP contribution in [-0.4, -0.2) is 70.9 Å². The number of aromatic nitrogens is 3. The molecule has 10 nitrogen and oxygen atoms in total. The largest absolute Gasteiger partial charge is 0.444 e. The minimum absolute atomic E-state index is 0.0353. The van der Waals surface area contributed by atoms with E-state index in [9.17, 15) is 14.0 Å². The number of benzene rings is 1. The van der Waals surface area contributed by atoms with Crippen molar-refractivity contribution < 1.29 is 18.4 Å². The third-order valence-corrected chi connectivity index (χ3v) is 6.68. The summed E-state index contributed by atoms with van der Waals surface area (Å²) in [6.07, 6.45) is 2.94.